The van der Waals surface area contributed by atoms with Gasteiger partial charge in [0.05, 0.1) is 12.3 Å². The van der Waals surface area contributed by atoms with Crippen LogP contribution < -0.4 is 0 Å². The summed E-state index contributed by atoms with van der Waals surface area (Å²) < 4.78 is 7.02. The van der Waals surface area contributed by atoms with Gasteiger partial charge in [-0.15, -0.1) is 16.4 Å². The van der Waals surface area contributed by atoms with E-state index in [2.05, 4.69) is 33.9 Å². The molecule has 0 bridgehead atoms. The van der Waals surface area contributed by atoms with Crippen LogP contribution in [-0.4, -0.2) is 37.6 Å². The molecule has 4 aromatic rings. The van der Waals surface area contributed by atoms with Crippen molar-refractivity contribution in [2.75, 3.05) is 6.54 Å². The maximum atomic E-state index is 13.9. The lowest BCUT2D eigenvalue weighted by Gasteiger charge is -2.36. The van der Waals surface area contributed by atoms with Crippen LogP contribution in [0.1, 0.15) is 35.6 Å². The number of tetrazole rings is 1. The summed E-state index contributed by atoms with van der Waals surface area (Å²) >= 11 is 1.76. The van der Waals surface area contributed by atoms with E-state index in [-0.39, 0.29) is 11.9 Å². The molecule has 31 heavy (non-hydrogen) atoms. The molecular formula is C23H21N5O2S. The molecular weight excluding hydrogens is 410 g/mol. The Morgan fingerprint density at radius 3 is 2.87 bits per heavy atom. The Bertz CT molecular complexity index is 1210. The van der Waals surface area contributed by atoms with Crippen LogP contribution >= 0.6 is 11.3 Å². The van der Waals surface area contributed by atoms with Gasteiger partial charge in [0.1, 0.15) is 11.5 Å². The van der Waals surface area contributed by atoms with Crippen LogP contribution in [-0.2, 0) is 11.2 Å². The summed E-state index contributed by atoms with van der Waals surface area (Å²) in [5, 5.41) is 14.3. The summed E-state index contributed by atoms with van der Waals surface area (Å²) in [6.45, 7) is 2.77. The lowest BCUT2D eigenvalue weighted by Crippen LogP contribution is -2.40. The molecule has 5 rings (SSSR count). The lowest BCUT2D eigenvalue weighted by atomic mass is 9.97. The first-order chi connectivity index (χ1) is 15.3. The fourth-order valence-electron chi connectivity index (χ4n) is 4.07. The number of benzene rings is 1. The van der Waals surface area contributed by atoms with E-state index in [1.54, 1.807) is 29.7 Å². The van der Waals surface area contributed by atoms with E-state index in [9.17, 15) is 4.79 Å². The van der Waals surface area contributed by atoms with E-state index in [1.807, 2.05) is 41.3 Å². The van der Waals surface area contributed by atoms with Crippen LogP contribution in [0.25, 0.3) is 23.2 Å². The van der Waals surface area contributed by atoms with Crippen molar-refractivity contribution >= 4 is 29.0 Å². The first-order valence-corrected chi connectivity index (χ1v) is 11.1. The predicted molar refractivity (Wildman–Crippen MR) is 119 cm³/mol. The first-order valence-electron chi connectivity index (χ1n) is 10.2. The second-order valence-electron chi connectivity index (χ2n) is 7.30. The summed E-state index contributed by atoms with van der Waals surface area (Å²) in [5.41, 5.74) is 2.43. The minimum absolute atomic E-state index is 0.0270. The average Bonchev–Trinajstić information content (AvgIpc) is 3.58. The Morgan fingerprint density at radius 1 is 1.23 bits per heavy atom. The summed E-state index contributed by atoms with van der Waals surface area (Å²) in [6.07, 6.45) is 4.98. The number of furan rings is 1. The number of amides is 1. The molecule has 156 valence electrons. The van der Waals surface area contributed by atoms with Crippen LogP contribution in [0, 0.1) is 0 Å². The molecule has 0 N–H and O–H groups in total. The number of carbonyl (C=O) groups excluding carboxylic acids is 1. The van der Waals surface area contributed by atoms with Crippen LogP contribution in [0.15, 0.2) is 64.6 Å². The summed E-state index contributed by atoms with van der Waals surface area (Å²) in [6, 6.07) is 15.4. The van der Waals surface area contributed by atoms with Crippen molar-refractivity contribution < 1.29 is 9.21 Å². The third kappa shape index (κ3) is 3.59. The molecule has 0 fully saturated rings. The molecule has 1 aromatic carbocycles. The highest BCUT2D eigenvalue weighted by Gasteiger charge is 2.33. The molecule has 1 amide bonds. The second kappa shape index (κ2) is 8.31. The molecule has 0 saturated heterocycles. The van der Waals surface area contributed by atoms with Crippen molar-refractivity contribution in [2.45, 2.75) is 25.8 Å². The van der Waals surface area contributed by atoms with Gasteiger partial charge in [-0.2, -0.15) is 4.68 Å². The molecule has 7 nitrogen and oxygen atoms in total. The normalized spacial score (nSPS) is 16.4. The van der Waals surface area contributed by atoms with Gasteiger partial charge in [0, 0.05) is 23.1 Å². The SMILES string of the molecule is CCC1c2ccsc2CCN1C(=O)/C(=C\c1ccco1)n1nnnc1-c1ccccc1. The molecule has 4 heterocycles. The van der Waals surface area contributed by atoms with E-state index < -0.39 is 0 Å². The Morgan fingerprint density at radius 2 is 2.10 bits per heavy atom. The summed E-state index contributed by atoms with van der Waals surface area (Å²) in [7, 11) is 0. The Balaban J connectivity index is 1.59. The van der Waals surface area contributed by atoms with Crippen LogP contribution in [0.4, 0.5) is 0 Å². The largest absolute Gasteiger partial charge is 0.465 e. The van der Waals surface area contributed by atoms with Gasteiger partial charge in [0.25, 0.3) is 5.91 Å². The molecule has 1 unspecified atom stereocenters. The van der Waals surface area contributed by atoms with Crippen LogP contribution in [0.5, 0.6) is 0 Å². The smallest absolute Gasteiger partial charge is 0.273 e. The molecule has 8 heteroatoms. The quantitative estimate of drug-likeness (QED) is 0.434. The van der Waals surface area contributed by atoms with E-state index in [1.165, 1.54) is 15.1 Å². The number of thiophene rings is 1. The number of fused-ring (bicyclic) bond motifs is 1. The van der Waals surface area contributed by atoms with Crippen molar-refractivity contribution in [3.05, 3.63) is 76.4 Å². The third-order valence-corrected chi connectivity index (χ3v) is 6.51. The van der Waals surface area contributed by atoms with Gasteiger partial charge in [-0.1, -0.05) is 37.3 Å². The van der Waals surface area contributed by atoms with E-state index >= 15 is 0 Å². The minimum Gasteiger partial charge on any atom is -0.465 e. The Hall–Kier alpha value is -3.52. The van der Waals surface area contributed by atoms with E-state index in [0.717, 1.165) is 18.4 Å². The molecule has 3 aromatic heterocycles. The van der Waals surface area contributed by atoms with Gasteiger partial charge < -0.3 is 9.32 Å². The number of carbonyl (C=O) groups is 1. The second-order valence-corrected chi connectivity index (χ2v) is 8.30. The number of nitrogens with zero attached hydrogens (tertiary/aromatic N) is 5. The van der Waals surface area contributed by atoms with Crippen LogP contribution in [0.2, 0.25) is 0 Å². The molecule has 1 atom stereocenters. The highest BCUT2D eigenvalue weighted by Crippen LogP contribution is 2.36. The van der Waals surface area contributed by atoms with Crippen molar-refractivity contribution in [2.24, 2.45) is 0 Å². The van der Waals surface area contributed by atoms with Gasteiger partial charge >= 0.3 is 0 Å². The van der Waals surface area contributed by atoms with Crippen molar-refractivity contribution in [1.82, 2.24) is 25.1 Å². The fraction of sp³-hybridized carbons (Fsp3) is 0.217. The highest BCUT2D eigenvalue weighted by atomic mass is 32.1. The highest BCUT2D eigenvalue weighted by molar-refractivity contribution is 7.10. The maximum Gasteiger partial charge on any atom is 0.273 e. The van der Waals surface area contributed by atoms with E-state index in [4.69, 9.17) is 4.42 Å². The fourth-order valence-corrected chi connectivity index (χ4v) is 4.99. The monoisotopic (exact) mass is 431 g/mol. The average molecular weight is 432 g/mol. The molecule has 0 radical (unpaired) electrons. The number of hydrogen-bond acceptors (Lipinski definition) is 6. The van der Waals surface area contributed by atoms with Crippen molar-refractivity contribution in [1.29, 1.82) is 0 Å². The summed E-state index contributed by atoms with van der Waals surface area (Å²) in [5.74, 6) is 0.955. The zero-order chi connectivity index (χ0) is 21.2. The number of aromatic nitrogens is 4. The number of rotatable bonds is 5. The Labute approximate surface area is 183 Å². The third-order valence-electron chi connectivity index (χ3n) is 5.51. The predicted octanol–water partition coefficient (Wildman–Crippen LogP) is 4.53. The van der Waals surface area contributed by atoms with Gasteiger partial charge in [-0.25, -0.2) is 0 Å². The standard InChI is InChI=1S/C23H21N5O2S/c1-2-19-18-11-14-31-21(18)10-12-27(19)23(29)20(15-17-9-6-13-30-17)28-22(24-25-26-28)16-7-4-3-5-8-16/h3-9,11,13-15,19H,2,10,12H2,1H3/b20-15+. The number of hydrogen-bond donors (Lipinski definition) is 0. The van der Waals surface area contributed by atoms with E-state index in [0.29, 0.717) is 23.8 Å². The van der Waals surface area contributed by atoms with Gasteiger partial charge in [-0.3, -0.25) is 4.79 Å². The van der Waals surface area contributed by atoms with Crippen LogP contribution in [0.3, 0.4) is 0 Å². The van der Waals surface area contributed by atoms with Crippen molar-refractivity contribution in [3.8, 4) is 11.4 Å². The topological polar surface area (TPSA) is 77.0 Å². The summed E-state index contributed by atoms with van der Waals surface area (Å²) in [4.78, 5) is 17.2. The Kier molecular flexibility index (Phi) is 5.21. The molecule has 1 aliphatic heterocycles. The van der Waals surface area contributed by atoms with Gasteiger partial charge in [-0.05, 0) is 52.4 Å². The first kappa shape index (κ1) is 19.4. The van der Waals surface area contributed by atoms with Gasteiger partial charge in [0.15, 0.2) is 5.82 Å². The molecule has 0 saturated carbocycles. The minimum atomic E-state index is -0.121. The van der Waals surface area contributed by atoms with Gasteiger partial charge in [0.2, 0.25) is 0 Å². The maximum absolute atomic E-state index is 13.9. The molecule has 0 aliphatic carbocycles. The van der Waals surface area contributed by atoms with Crippen molar-refractivity contribution in [3.63, 3.8) is 0 Å². The molecule has 1 aliphatic rings. The zero-order valence-electron chi connectivity index (χ0n) is 17.0. The zero-order valence-corrected chi connectivity index (χ0v) is 17.8. The lowest BCUT2D eigenvalue weighted by molar-refractivity contribution is -0.128. The molecule has 0 spiro atoms.